The van der Waals surface area contributed by atoms with Gasteiger partial charge in [0.15, 0.2) is 5.75 Å². The molecular weight excluding hydrogens is 370 g/mol. The molecule has 8 heteroatoms. The minimum atomic E-state index is -3.87. The van der Waals surface area contributed by atoms with Gasteiger partial charge in [-0.05, 0) is 23.1 Å². The van der Waals surface area contributed by atoms with Crippen LogP contribution < -0.4 is 4.74 Å². The van der Waals surface area contributed by atoms with Crippen molar-refractivity contribution in [2.45, 2.75) is 42.1 Å². The maximum Gasteiger partial charge on any atom is 0.311 e. The van der Waals surface area contributed by atoms with Crippen LogP contribution in [0.4, 0.5) is 5.69 Å². The molecule has 0 spiro atoms. The summed E-state index contributed by atoms with van der Waals surface area (Å²) in [6.45, 7) is 6.47. The summed E-state index contributed by atoms with van der Waals surface area (Å²) in [6, 6.07) is 10.4. The largest absolute Gasteiger partial charge is 0.484 e. The zero-order valence-electron chi connectivity index (χ0n) is 15.3. The number of nitro benzene ring substituents is 1. The van der Waals surface area contributed by atoms with Crippen molar-refractivity contribution < 1.29 is 22.8 Å². The molecule has 0 radical (unpaired) electrons. The van der Waals surface area contributed by atoms with E-state index < -0.39 is 14.8 Å². The maximum absolute atomic E-state index is 13.2. The highest BCUT2D eigenvalue weighted by atomic mass is 32.2. The molecule has 2 aromatic carbocycles. The third kappa shape index (κ3) is 4.12. The zero-order chi connectivity index (χ0) is 19.8. The number of ether oxygens (including phenoxy) is 2. The molecule has 2 aromatic rings. The monoisotopic (exact) mass is 391 g/mol. The Morgan fingerprint density at radius 2 is 1.89 bits per heavy atom. The molecule has 0 saturated carbocycles. The summed E-state index contributed by atoms with van der Waals surface area (Å²) in [5.74, 6) is -0.0789. The second kappa shape index (κ2) is 6.94. The summed E-state index contributed by atoms with van der Waals surface area (Å²) in [6.07, 6.45) is -0.105. The zero-order valence-corrected chi connectivity index (χ0v) is 16.2. The fourth-order valence-corrected chi connectivity index (χ4v) is 4.41. The topological polar surface area (TPSA) is 99.0 Å². The fourth-order valence-electron chi connectivity index (χ4n) is 2.72. The molecule has 3 rings (SSSR count). The summed E-state index contributed by atoms with van der Waals surface area (Å²) >= 11 is 0. The van der Waals surface area contributed by atoms with Gasteiger partial charge in [-0.1, -0.05) is 39.0 Å². The van der Waals surface area contributed by atoms with Crippen molar-refractivity contribution in [2.24, 2.45) is 0 Å². The van der Waals surface area contributed by atoms with Gasteiger partial charge >= 0.3 is 5.69 Å². The molecule has 1 unspecified atom stereocenters. The van der Waals surface area contributed by atoms with Gasteiger partial charge in [0.05, 0.1) is 21.3 Å². The Bertz CT molecular complexity index is 974. The fraction of sp³-hybridized carbons (Fsp3) is 0.368. The maximum atomic E-state index is 13.2. The molecule has 0 N–H and O–H groups in total. The first kappa shape index (κ1) is 19.3. The average molecular weight is 391 g/mol. The molecule has 7 nitrogen and oxygen atoms in total. The predicted molar refractivity (Wildman–Crippen MR) is 98.9 cm³/mol. The van der Waals surface area contributed by atoms with Crippen molar-refractivity contribution in [2.75, 3.05) is 13.2 Å². The molecule has 0 aliphatic carbocycles. The highest BCUT2D eigenvalue weighted by Gasteiger charge is 2.30. The summed E-state index contributed by atoms with van der Waals surface area (Å²) in [7, 11) is -3.87. The van der Waals surface area contributed by atoms with Gasteiger partial charge in [-0.15, -0.1) is 0 Å². The van der Waals surface area contributed by atoms with E-state index in [-0.39, 0.29) is 39.4 Å². The number of epoxide rings is 1. The predicted octanol–water partition coefficient (Wildman–Crippen LogP) is 3.50. The summed E-state index contributed by atoms with van der Waals surface area (Å²) in [5.41, 5.74) is 0.0171. The molecule has 0 amide bonds. The van der Waals surface area contributed by atoms with Gasteiger partial charge in [0.25, 0.3) is 0 Å². The third-order valence-corrected chi connectivity index (χ3v) is 6.06. The number of nitro groups is 1. The van der Waals surface area contributed by atoms with Gasteiger partial charge < -0.3 is 9.47 Å². The molecule has 0 bridgehead atoms. The number of hydrogen-bond donors (Lipinski definition) is 0. The van der Waals surface area contributed by atoms with Crippen molar-refractivity contribution >= 4 is 15.5 Å². The standard InChI is InChI=1S/C19H21NO6S/c1-19(2,3)15-6-4-5-7-18(15)27(23,24)14-8-9-16(20(21)22)17(10-14)26-12-13-11-25-13/h4-10,13H,11-12H2,1-3H3. The second-order valence-corrected chi connectivity index (χ2v) is 9.32. The lowest BCUT2D eigenvalue weighted by molar-refractivity contribution is -0.385. The number of hydrogen-bond acceptors (Lipinski definition) is 6. The molecule has 1 aliphatic heterocycles. The summed E-state index contributed by atoms with van der Waals surface area (Å²) < 4.78 is 37.0. The molecule has 1 saturated heterocycles. The molecule has 1 atom stereocenters. The lowest BCUT2D eigenvalue weighted by Gasteiger charge is -2.22. The number of sulfone groups is 1. The van der Waals surface area contributed by atoms with E-state index in [0.717, 1.165) is 6.07 Å². The van der Waals surface area contributed by atoms with E-state index >= 15 is 0 Å². The molecule has 1 fully saturated rings. The average Bonchev–Trinajstić information content (AvgIpc) is 3.43. The SMILES string of the molecule is CC(C)(C)c1ccccc1S(=O)(=O)c1ccc([N+](=O)[O-])c(OCC2CO2)c1. The van der Waals surface area contributed by atoms with E-state index in [9.17, 15) is 18.5 Å². The lowest BCUT2D eigenvalue weighted by atomic mass is 9.87. The van der Waals surface area contributed by atoms with Crippen LogP contribution in [0.1, 0.15) is 26.3 Å². The van der Waals surface area contributed by atoms with Crippen molar-refractivity contribution in [3.8, 4) is 5.75 Å². The molecule has 144 valence electrons. The van der Waals surface area contributed by atoms with Gasteiger partial charge in [-0.2, -0.15) is 0 Å². The van der Waals surface area contributed by atoms with Gasteiger partial charge in [-0.25, -0.2) is 8.42 Å². The Labute approximate surface area is 158 Å². The van der Waals surface area contributed by atoms with E-state index in [4.69, 9.17) is 9.47 Å². The van der Waals surface area contributed by atoms with Crippen molar-refractivity contribution in [3.63, 3.8) is 0 Å². The Balaban J connectivity index is 2.07. The normalized spacial score (nSPS) is 16.8. The summed E-state index contributed by atoms with van der Waals surface area (Å²) in [4.78, 5) is 10.8. The van der Waals surface area contributed by atoms with Crippen LogP contribution in [0.25, 0.3) is 0 Å². The van der Waals surface area contributed by atoms with Gasteiger partial charge in [0.1, 0.15) is 12.7 Å². The molecule has 1 heterocycles. The van der Waals surface area contributed by atoms with Gasteiger partial charge in [0.2, 0.25) is 9.84 Å². The highest BCUT2D eigenvalue weighted by molar-refractivity contribution is 7.91. The molecule has 0 aromatic heterocycles. The minimum absolute atomic E-state index is 0.0449. The van der Waals surface area contributed by atoms with E-state index in [0.29, 0.717) is 12.2 Å². The van der Waals surface area contributed by atoms with Gasteiger partial charge in [-0.3, -0.25) is 10.1 Å². The van der Waals surface area contributed by atoms with Gasteiger partial charge in [0, 0.05) is 12.1 Å². The van der Waals surface area contributed by atoms with E-state index in [1.165, 1.54) is 12.1 Å². The van der Waals surface area contributed by atoms with Crippen LogP contribution >= 0.6 is 0 Å². The summed E-state index contributed by atoms with van der Waals surface area (Å²) in [5, 5.41) is 11.2. The Hall–Kier alpha value is -2.45. The Morgan fingerprint density at radius 3 is 2.48 bits per heavy atom. The van der Waals surface area contributed by atoms with Crippen LogP contribution in [0, 0.1) is 10.1 Å². The van der Waals surface area contributed by atoms with E-state index in [2.05, 4.69) is 0 Å². The molecular formula is C19H21NO6S. The lowest BCUT2D eigenvalue weighted by Crippen LogP contribution is -2.17. The van der Waals surface area contributed by atoms with Crippen molar-refractivity contribution in [3.05, 3.63) is 58.1 Å². The first-order chi connectivity index (χ1) is 12.6. The van der Waals surface area contributed by atoms with Crippen molar-refractivity contribution in [1.29, 1.82) is 0 Å². The van der Waals surface area contributed by atoms with Crippen LogP contribution in [0.15, 0.2) is 52.3 Å². The number of benzene rings is 2. The smallest absolute Gasteiger partial charge is 0.311 e. The highest BCUT2D eigenvalue weighted by Crippen LogP contribution is 2.36. The Morgan fingerprint density at radius 1 is 1.22 bits per heavy atom. The third-order valence-electron chi connectivity index (χ3n) is 4.25. The van der Waals surface area contributed by atoms with Crippen LogP contribution in [0.2, 0.25) is 0 Å². The second-order valence-electron chi connectivity index (χ2n) is 7.40. The minimum Gasteiger partial charge on any atom is -0.484 e. The van der Waals surface area contributed by atoms with Crippen molar-refractivity contribution in [1.82, 2.24) is 0 Å². The number of rotatable bonds is 6. The first-order valence-electron chi connectivity index (χ1n) is 8.48. The Kier molecular flexibility index (Phi) is 4.96. The first-order valence-corrected chi connectivity index (χ1v) is 9.96. The quantitative estimate of drug-likeness (QED) is 0.424. The van der Waals surface area contributed by atoms with Crippen LogP contribution in [-0.4, -0.2) is 32.7 Å². The number of nitrogens with zero attached hydrogens (tertiary/aromatic N) is 1. The molecule has 1 aliphatic rings. The van der Waals surface area contributed by atoms with Crippen LogP contribution in [0.5, 0.6) is 5.75 Å². The molecule has 27 heavy (non-hydrogen) atoms. The van der Waals surface area contributed by atoms with E-state index in [1.807, 2.05) is 20.8 Å². The van der Waals surface area contributed by atoms with Crippen LogP contribution in [0.3, 0.4) is 0 Å². The van der Waals surface area contributed by atoms with Crippen LogP contribution in [-0.2, 0) is 20.0 Å². The van der Waals surface area contributed by atoms with E-state index in [1.54, 1.807) is 24.3 Å².